The van der Waals surface area contributed by atoms with Crippen molar-refractivity contribution in [1.29, 1.82) is 0 Å². The summed E-state index contributed by atoms with van der Waals surface area (Å²) in [6.07, 6.45) is 3.99. The summed E-state index contributed by atoms with van der Waals surface area (Å²) in [4.78, 5) is 4.97. The van der Waals surface area contributed by atoms with Crippen LogP contribution >= 0.6 is 0 Å². The van der Waals surface area contributed by atoms with E-state index in [-0.39, 0.29) is 6.61 Å². The SMILES string of the molecule is CCC(C)(CNC1CC1)CN1CCN(CCO)CC1. The zero-order chi connectivity index (χ0) is 13.7. The molecule has 1 aliphatic carbocycles. The molecule has 19 heavy (non-hydrogen) atoms. The molecule has 0 bridgehead atoms. The molecule has 0 radical (unpaired) electrons. The molecular formula is C15H31N3O. The summed E-state index contributed by atoms with van der Waals surface area (Å²) >= 11 is 0. The molecule has 1 saturated heterocycles. The summed E-state index contributed by atoms with van der Waals surface area (Å²) in [7, 11) is 0. The highest BCUT2D eigenvalue weighted by atomic mass is 16.3. The molecule has 1 heterocycles. The van der Waals surface area contributed by atoms with Crippen LogP contribution < -0.4 is 5.32 Å². The van der Waals surface area contributed by atoms with Crippen LogP contribution in [0.4, 0.5) is 0 Å². The van der Waals surface area contributed by atoms with E-state index in [2.05, 4.69) is 29.0 Å². The largest absolute Gasteiger partial charge is 0.395 e. The normalized spacial score (nSPS) is 25.4. The number of β-amino-alcohol motifs (C(OH)–C–C–N with tert-alkyl or cyclic N) is 1. The summed E-state index contributed by atoms with van der Waals surface area (Å²) < 4.78 is 0. The third-order valence-corrected chi connectivity index (χ3v) is 4.73. The fourth-order valence-corrected chi connectivity index (χ4v) is 2.82. The van der Waals surface area contributed by atoms with Crippen LogP contribution in [0, 0.1) is 5.41 Å². The molecule has 0 spiro atoms. The quantitative estimate of drug-likeness (QED) is 0.682. The molecule has 0 aromatic heterocycles. The fraction of sp³-hybridized carbons (Fsp3) is 1.00. The van der Waals surface area contributed by atoms with Crippen molar-refractivity contribution in [3.63, 3.8) is 0 Å². The number of rotatable bonds is 8. The number of piperazine rings is 1. The van der Waals surface area contributed by atoms with Gasteiger partial charge < -0.3 is 15.3 Å². The zero-order valence-corrected chi connectivity index (χ0v) is 12.7. The Hall–Kier alpha value is -0.160. The van der Waals surface area contributed by atoms with Gasteiger partial charge in [0.15, 0.2) is 0 Å². The van der Waals surface area contributed by atoms with Crippen LogP contribution in [0.25, 0.3) is 0 Å². The minimum atomic E-state index is 0.290. The molecule has 112 valence electrons. The van der Waals surface area contributed by atoms with Crippen molar-refractivity contribution in [2.45, 2.75) is 39.2 Å². The van der Waals surface area contributed by atoms with Crippen molar-refractivity contribution < 1.29 is 5.11 Å². The second-order valence-corrected chi connectivity index (χ2v) is 6.66. The van der Waals surface area contributed by atoms with Crippen LogP contribution in [0.15, 0.2) is 0 Å². The molecule has 1 saturated carbocycles. The minimum Gasteiger partial charge on any atom is -0.395 e. The van der Waals surface area contributed by atoms with Gasteiger partial charge in [-0.25, -0.2) is 0 Å². The van der Waals surface area contributed by atoms with E-state index in [0.29, 0.717) is 5.41 Å². The molecule has 2 aliphatic rings. The van der Waals surface area contributed by atoms with E-state index in [9.17, 15) is 0 Å². The fourth-order valence-electron chi connectivity index (χ4n) is 2.82. The second-order valence-electron chi connectivity index (χ2n) is 6.66. The molecule has 0 amide bonds. The van der Waals surface area contributed by atoms with Crippen molar-refractivity contribution in [3.8, 4) is 0 Å². The molecule has 1 aliphatic heterocycles. The maximum absolute atomic E-state index is 8.97. The molecular weight excluding hydrogens is 238 g/mol. The standard InChI is InChI=1S/C15H31N3O/c1-3-15(2,12-16-14-4-5-14)13-18-8-6-17(7-9-18)10-11-19/h14,16,19H,3-13H2,1-2H3. The number of aliphatic hydroxyl groups is 1. The van der Waals surface area contributed by atoms with Crippen LogP contribution in [-0.2, 0) is 0 Å². The Labute approximate surface area is 118 Å². The van der Waals surface area contributed by atoms with Crippen LogP contribution in [0.5, 0.6) is 0 Å². The number of hydrogen-bond acceptors (Lipinski definition) is 4. The highest BCUT2D eigenvalue weighted by Crippen LogP contribution is 2.25. The van der Waals surface area contributed by atoms with Gasteiger partial charge in [-0.2, -0.15) is 0 Å². The van der Waals surface area contributed by atoms with Gasteiger partial charge in [-0.3, -0.25) is 4.90 Å². The topological polar surface area (TPSA) is 38.7 Å². The zero-order valence-electron chi connectivity index (χ0n) is 12.7. The summed E-state index contributed by atoms with van der Waals surface area (Å²) in [6.45, 7) is 12.7. The van der Waals surface area contributed by atoms with Gasteiger partial charge in [0.05, 0.1) is 6.61 Å². The van der Waals surface area contributed by atoms with Crippen molar-refractivity contribution in [1.82, 2.24) is 15.1 Å². The van der Waals surface area contributed by atoms with Crippen LogP contribution in [0.2, 0.25) is 0 Å². The third kappa shape index (κ3) is 5.03. The third-order valence-electron chi connectivity index (χ3n) is 4.73. The molecule has 4 heteroatoms. The molecule has 0 aromatic rings. The van der Waals surface area contributed by atoms with Crippen LogP contribution in [0.1, 0.15) is 33.1 Å². The van der Waals surface area contributed by atoms with Crippen LogP contribution in [-0.4, -0.2) is 73.4 Å². The van der Waals surface area contributed by atoms with Crippen molar-refractivity contribution in [2.24, 2.45) is 5.41 Å². The molecule has 0 aromatic carbocycles. The van der Waals surface area contributed by atoms with Gasteiger partial charge in [0.2, 0.25) is 0 Å². The Morgan fingerprint density at radius 2 is 1.79 bits per heavy atom. The Balaban J connectivity index is 1.71. The lowest BCUT2D eigenvalue weighted by atomic mass is 9.86. The number of nitrogens with one attached hydrogen (secondary N) is 1. The lowest BCUT2D eigenvalue weighted by Gasteiger charge is -2.40. The first-order chi connectivity index (χ1) is 9.15. The predicted molar refractivity (Wildman–Crippen MR) is 79.4 cm³/mol. The average Bonchev–Trinajstić information content (AvgIpc) is 3.23. The minimum absolute atomic E-state index is 0.290. The van der Waals surface area contributed by atoms with E-state index in [1.165, 1.54) is 25.8 Å². The smallest absolute Gasteiger partial charge is 0.0558 e. The molecule has 2 rings (SSSR count). The number of aliphatic hydroxyl groups excluding tert-OH is 1. The lowest BCUT2D eigenvalue weighted by Crippen LogP contribution is -2.51. The van der Waals surface area contributed by atoms with E-state index in [1.807, 2.05) is 0 Å². The molecule has 1 atom stereocenters. The predicted octanol–water partition coefficient (Wildman–Crippen LogP) is 0.765. The van der Waals surface area contributed by atoms with Gasteiger partial charge >= 0.3 is 0 Å². The summed E-state index contributed by atoms with van der Waals surface area (Å²) in [6, 6.07) is 0.812. The summed E-state index contributed by atoms with van der Waals surface area (Å²) in [5.74, 6) is 0. The number of nitrogens with zero attached hydrogens (tertiary/aromatic N) is 2. The van der Waals surface area contributed by atoms with Crippen molar-refractivity contribution in [2.75, 3.05) is 52.4 Å². The van der Waals surface area contributed by atoms with E-state index >= 15 is 0 Å². The van der Waals surface area contributed by atoms with Crippen molar-refractivity contribution >= 4 is 0 Å². The Morgan fingerprint density at radius 3 is 2.32 bits per heavy atom. The first kappa shape index (κ1) is 15.2. The Kier molecular flexibility index (Phi) is 5.63. The van der Waals surface area contributed by atoms with Gasteiger partial charge in [-0.1, -0.05) is 13.8 Å². The lowest BCUT2D eigenvalue weighted by molar-refractivity contribution is 0.0783. The highest BCUT2D eigenvalue weighted by Gasteiger charge is 2.30. The van der Waals surface area contributed by atoms with E-state index in [4.69, 9.17) is 5.11 Å². The van der Waals surface area contributed by atoms with Gasteiger partial charge in [0.25, 0.3) is 0 Å². The maximum atomic E-state index is 8.97. The molecule has 4 nitrogen and oxygen atoms in total. The number of hydrogen-bond donors (Lipinski definition) is 2. The maximum Gasteiger partial charge on any atom is 0.0558 e. The van der Waals surface area contributed by atoms with E-state index in [1.54, 1.807) is 0 Å². The monoisotopic (exact) mass is 269 g/mol. The van der Waals surface area contributed by atoms with Crippen LogP contribution in [0.3, 0.4) is 0 Å². The summed E-state index contributed by atoms with van der Waals surface area (Å²) in [5, 5.41) is 12.7. The highest BCUT2D eigenvalue weighted by molar-refractivity contribution is 4.87. The molecule has 1 unspecified atom stereocenters. The second kappa shape index (κ2) is 7.02. The Bertz CT molecular complexity index is 262. The van der Waals surface area contributed by atoms with E-state index in [0.717, 1.165) is 45.3 Å². The average molecular weight is 269 g/mol. The first-order valence-electron chi connectivity index (χ1n) is 7.94. The first-order valence-corrected chi connectivity index (χ1v) is 7.94. The van der Waals surface area contributed by atoms with Gasteiger partial charge in [-0.15, -0.1) is 0 Å². The Morgan fingerprint density at radius 1 is 1.16 bits per heavy atom. The molecule has 2 fully saturated rings. The molecule has 2 N–H and O–H groups in total. The van der Waals surface area contributed by atoms with Gasteiger partial charge in [0.1, 0.15) is 0 Å². The van der Waals surface area contributed by atoms with Crippen molar-refractivity contribution in [3.05, 3.63) is 0 Å². The van der Waals surface area contributed by atoms with Gasteiger partial charge in [-0.05, 0) is 24.7 Å². The van der Waals surface area contributed by atoms with Gasteiger partial charge in [0, 0.05) is 51.9 Å². The van der Waals surface area contributed by atoms with E-state index < -0.39 is 0 Å². The summed E-state index contributed by atoms with van der Waals surface area (Å²) in [5.41, 5.74) is 0.405.